The lowest BCUT2D eigenvalue weighted by Crippen LogP contribution is -2.32. The summed E-state index contributed by atoms with van der Waals surface area (Å²) in [5.74, 6) is 0.799. The molecule has 1 aromatic heterocycles. The van der Waals surface area contributed by atoms with Gasteiger partial charge in [0.1, 0.15) is 5.75 Å². The lowest BCUT2D eigenvalue weighted by atomic mass is 10.0. The summed E-state index contributed by atoms with van der Waals surface area (Å²) in [4.78, 5) is 16.0. The zero-order valence-corrected chi connectivity index (χ0v) is 12.2. The standard InChI is InChI=1S/C16H19N3O2/c1-3-15(12-6-8-14(21-2)9-7-12)19-16(20)18-13-5-4-10-17-11-13/h4-11,15H,3H2,1-2H3,(H2,18,19,20). The van der Waals surface area contributed by atoms with E-state index in [1.54, 1.807) is 31.6 Å². The Morgan fingerprint density at radius 1 is 1.29 bits per heavy atom. The molecular weight excluding hydrogens is 266 g/mol. The van der Waals surface area contributed by atoms with Gasteiger partial charge in [-0.15, -0.1) is 0 Å². The van der Waals surface area contributed by atoms with E-state index >= 15 is 0 Å². The summed E-state index contributed by atoms with van der Waals surface area (Å²) < 4.78 is 5.14. The van der Waals surface area contributed by atoms with Gasteiger partial charge in [-0.05, 0) is 36.2 Å². The van der Waals surface area contributed by atoms with Crippen LogP contribution < -0.4 is 15.4 Å². The monoisotopic (exact) mass is 285 g/mol. The average molecular weight is 285 g/mol. The molecule has 0 aliphatic rings. The van der Waals surface area contributed by atoms with Gasteiger partial charge in [0, 0.05) is 6.20 Å². The molecule has 0 saturated carbocycles. The van der Waals surface area contributed by atoms with Crippen molar-refractivity contribution in [3.8, 4) is 5.75 Å². The Balaban J connectivity index is 1.99. The summed E-state index contributed by atoms with van der Waals surface area (Å²) in [5, 5.41) is 5.71. The van der Waals surface area contributed by atoms with Crippen molar-refractivity contribution in [2.75, 3.05) is 12.4 Å². The van der Waals surface area contributed by atoms with Crippen molar-refractivity contribution in [3.05, 3.63) is 54.4 Å². The van der Waals surface area contributed by atoms with Gasteiger partial charge >= 0.3 is 6.03 Å². The number of aromatic nitrogens is 1. The molecule has 0 saturated heterocycles. The molecule has 2 N–H and O–H groups in total. The van der Waals surface area contributed by atoms with Crippen LogP contribution in [-0.4, -0.2) is 18.1 Å². The number of carbonyl (C=O) groups is 1. The van der Waals surface area contributed by atoms with E-state index < -0.39 is 0 Å². The van der Waals surface area contributed by atoms with Gasteiger partial charge < -0.3 is 15.4 Å². The zero-order chi connectivity index (χ0) is 15.1. The molecule has 2 aromatic rings. The highest BCUT2D eigenvalue weighted by molar-refractivity contribution is 5.89. The minimum Gasteiger partial charge on any atom is -0.497 e. The number of nitrogens with zero attached hydrogens (tertiary/aromatic N) is 1. The number of methoxy groups -OCH3 is 1. The van der Waals surface area contributed by atoms with Gasteiger partial charge in [0.15, 0.2) is 0 Å². The van der Waals surface area contributed by atoms with Crippen LogP contribution in [0.25, 0.3) is 0 Å². The second kappa shape index (κ2) is 7.28. The molecular formula is C16H19N3O2. The molecule has 0 aliphatic heterocycles. The number of anilines is 1. The van der Waals surface area contributed by atoms with Gasteiger partial charge in [0.05, 0.1) is 25.0 Å². The Morgan fingerprint density at radius 3 is 2.62 bits per heavy atom. The minimum absolute atomic E-state index is 0.0485. The lowest BCUT2D eigenvalue weighted by Gasteiger charge is -2.18. The Hall–Kier alpha value is -2.56. The highest BCUT2D eigenvalue weighted by Gasteiger charge is 2.12. The molecule has 1 atom stereocenters. The number of pyridine rings is 1. The van der Waals surface area contributed by atoms with Gasteiger partial charge in [0.2, 0.25) is 0 Å². The number of nitrogens with one attached hydrogen (secondary N) is 2. The van der Waals surface area contributed by atoms with Gasteiger partial charge in [-0.3, -0.25) is 4.98 Å². The summed E-state index contributed by atoms with van der Waals surface area (Å²) in [6, 6.07) is 11.0. The maximum Gasteiger partial charge on any atom is 0.319 e. The third kappa shape index (κ3) is 4.21. The molecule has 1 heterocycles. The van der Waals surface area contributed by atoms with E-state index in [0.717, 1.165) is 17.7 Å². The van der Waals surface area contributed by atoms with Crippen molar-refractivity contribution in [1.82, 2.24) is 10.3 Å². The average Bonchev–Trinajstić information content (AvgIpc) is 2.53. The van der Waals surface area contributed by atoms with Gasteiger partial charge in [-0.1, -0.05) is 19.1 Å². The summed E-state index contributed by atoms with van der Waals surface area (Å²) in [6.07, 6.45) is 4.07. The number of benzene rings is 1. The highest BCUT2D eigenvalue weighted by Crippen LogP contribution is 2.20. The molecule has 110 valence electrons. The Bertz CT molecular complexity index is 570. The second-order valence-corrected chi connectivity index (χ2v) is 4.57. The number of carbonyl (C=O) groups excluding carboxylic acids is 1. The first-order chi connectivity index (χ1) is 10.2. The number of hydrogen-bond donors (Lipinski definition) is 2. The van der Waals surface area contributed by atoms with Crippen molar-refractivity contribution >= 4 is 11.7 Å². The Morgan fingerprint density at radius 2 is 2.05 bits per heavy atom. The van der Waals surface area contributed by atoms with Gasteiger partial charge in [-0.25, -0.2) is 4.79 Å². The number of amides is 2. The van der Waals surface area contributed by atoms with Crippen molar-refractivity contribution in [2.45, 2.75) is 19.4 Å². The molecule has 5 heteroatoms. The van der Waals surface area contributed by atoms with E-state index in [2.05, 4.69) is 15.6 Å². The first-order valence-electron chi connectivity index (χ1n) is 6.84. The summed E-state index contributed by atoms with van der Waals surface area (Å²) in [7, 11) is 1.63. The van der Waals surface area contributed by atoms with Crippen LogP contribution in [0, 0.1) is 0 Å². The van der Waals surface area contributed by atoms with Crippen molar-refractivity contribution < 1.29 is 9.53 Å². The third-order valence-corrected chi connectivity index (χ3v) is 3.15. The molecule has 21 heavy (non-hydrogen) atoms. The predicted molar refractivity (Wildman–Crippen MR) is 82.4 cm³/mol. The van der Waals surface area contributed by atoms with Crippen LogP contribution in [0.5, 0.6) is 5.75 Å². The Kier molecular flexibility index (Phi) is 5.15. The van der Waals surface area contributed by atoms with Crippen LogP contribution in [-0.2, 0) is 0 Å². The molecule has 0 bridgehead atoms. The topological polar surface area (TPSA) is 63.2 Å². The molecule has 2 rings (SSSR count). The van der Waals surface area contributed by atoms with E-state index in [0.29, 0.717) is 5.69 Å². The maximum atomic E-state index is 12.0. The molecule has 0 aliphatic carbocycles. The molecule has 1 unspecified atom stereocenters. The van der Waals surface area contributed by atoms with Crippen LogP contribution in [0.2, 0.25) is 0 Å². The van der Waals surface area contributed by atoms with Crippen LogP contribution in [0.4, 0.5) is 10.5 Å². The fraction of sp³-hybridized carbons (Fsp3) is 0.250. The maximum absolute atomic E-state index is 12.0. The third-order valence-electron chi connectivity index (χ3n) is 3.15. The number of hydrogen-bond acceptors (Lipinski definition) is 3. The first kappa shape index (κ1) is 14.8. The second-order valence-electron chi connectivity index (χ2n) is 4.57. The summed E-state index contributed by atoms with van der Waals surface area (Å²) in [5.41, 5.74) is 1.71. The summed E-state index contributed by atoms with van der Waals surface area (Å²) in [6.45, 7) is 2.03. The number of ether oxygens (including phenoxy) is 1. The quantitative estimate of drug-likeness (QED) is 0.885. The van der Waals surface area contributed by atoms with E-state index in [4.69, 9.17) is 4.74 Å². The number of urea groups is 1. The van der Waals surface area contributed by atoms with E-state index in [1.165, 1.54) is 0 Å². The fourth-order valence-corrected chi connectivity index (χ4v) is 2.02. The van der Waals surface area contributed by atoms with Crippen LogP contribution >= 0.6 is 0 Å². The molecule has 0 fully saturated rings. The largest absolute Gasteiger partial charge is 0.497 e. The van der Waals surface area contributed by atoms with Crippen LogP contribution in [0.1, 0.15) is 24.9 Å². The molecule has 0 spiro atoms. The highest BCUT2D eigenvalue weighted by atomic mass is 16.5. The minimum atomic E-state index is -0.245. The molecule has 1 aromatic carbocycles. The van der Waals surface area contributed by atoms with Gasteiger partial charge in [0.25, 0.3) is 0 Å². The number of rotatable bonds is 5. The van der Waals surface area contributed by atoms with Crippen LogP contribution in [0.15, 0.2) is 48.8 Å². The first-order valence-corrected chi connectivity index (χ1v) is 6.84. The van der Waals surface area contributed by atoms with E-state index in [1.807, 2.05) is 31.2 Å². The van der Waals surface area contributed by atoms with E-state index in [9.17, 15) is 4.79 Å². The normalized spacial score (nSPS) is 11.5. The molecule has 0 radical (unpaired) electrons. The van der Waals surface area contributed by atoms with E-state index in [-0.39, 0.29) is 12.1 Å². The SMILES string of the molecule is CCC(NC(=O)Nc1cccnc1)c1ccc(OC)cc1. The summed E-state index contributed by atoms with van der Waals surface area (Å²) >= 11 is 0. The van der Waals surface area contributed by atoms with Crippen molar-refractivity contribution in [2.24, 2.45) is 0 Å². The zero-order valence-electron chi connectivity index (χ0n) is 12.2. The van der Waals surface area contributed by atoms with Crippen molar-refractivity contribution in [1.29, 1.82) is 0 Å². The lowest BCUT2D eigenvalue weighted by molar-refractivity contribution is 0.248. The molecule has 5 nitrogen and oxygen atoms in total. The van der Waals surface area contributed by atoms with Crippen molar-refractivity contribution in [3.63, 3.8) is 0 Å². The van der Waals surface area contributed by atoms with Gasteiger partial charge in [-0.2, -0.15) is 0 Å². The molecule has 2 amide bonds. The fourth-order valence-electron chi connectivity index (χ4n) is 2.02. The Labute approximate surface area is 124 Å². The smallest absolute Gasteiger partial charge is 0.319 e. The van der Waals surface area contributed by atoms with Crippen LogP contribution in [0.3, 0.4) is 0 Å². The predicted octanol–water partition coefficient (Wildman–Crippen LogP) is 3.36.